The van der Waals surface area contributed by atoms with Crippen molar-refractivity contribution in [1.29, 1.82) is 0 Å². The molecule has 0 spiro atoms. The summed E-state index contributed by atoms with van der Waals surface area (Å²) in [5.41, 5.74) is 13.9. The van der Waals surface area contributed by atoms with Crippen molar-refractivity contribution in [1.82, 2.24) is 63.4 Å². The zero-order chi connectivity index (χ0) is 94.2. The number of thioether (sulfide) groups is 3. The second-order valence-electron chi connectivity index (χ2n) is 40.8. The van der Waals surface area contributed by atoms with Crippen LogP contribution in [0.4, 0.5) is 40.7 Å². The van der Waals surface area contributed by atoms with Crippen molar-refractivity contribution in [2.45, 2.75) is 233 Å². The first-order valence-electron chi connectivity index (χ1n) is 47.2. The Labute approximate surface area is 796 Å². The number of carbonyl (C=O) groups excluding carboxylic acids is 7. The average molecular weight is 1900 g/mol. The number of likely N-dealkylation sites (tertiary alicyclic amines) is 3. The van der Waals surface area contributed by atoms with Crippen LogP contribution < -0.4 is 37.1 Å². The molecule has 133 heavy (non-hydrogen) atoms. The highest BCUT2D eigenvalue weighted by atomic mass is 32.2. The maximum atomic E-state index is 15.4. The number of aromatic amines is 2. The first kappa shape index (κ1) is 96.1. The Morgan fingerprint density at radius 2 is 0.797 bits per heavy atom. The fourth-order valence-electron chi connectivity index (χ4n) is 20.2. The molecular formula is C98H139F3N18O11S3. The summed E-state index contributed by atoms with van der Waals surface area (Å²) in [6.45, 7) is 27.4. The maximum Gasteiger partial charge on any atom is 0.327 e. The number of urea groups is 1. The fraction of sp³-hybridized carbons (Fsp3) is 0.561. The van der Waals surface area contributed by atoms with Gasteiger partial charge >= 0.3 is 17.4 Å². The number of piperidine rings is 3. The number of benzene rings is 4. The molecule has 29 nitrogen and oxygen atoms in total. The quantitative estimate of drug-likeness (QED) is 0.0389. The molecule has 7 N–H and O–H groups in total. The molecule has 0 aliphatic carbocycles. The van der Waals surface area contributed by atoms with Crippen LogP contribution >= 0.6 is 35.3 Å². The van der Waals surface area contributed by atoms with E-state index in [1.54, 1.807) is 50.7 Å². The number of halogens is 3. The van der Waals surface area contributed by atoms with E-state index in [-0.39, 0.29) is 139 Å². The Bertz CT molecular complexity index is 5510. The van der Waals surface area contributed by atoms with Crippen LogP contribution in [0.3, 0.4) is 0 Å². The minimum absolute atomic E-state index is 0. The van der Waals surface area contributed by atoms with E-state index in [1.165, 1.54) is 53.5 Å². The van der Waals surface area contributed by atoms with Crippen molar-refractivity contribution in [3.8, 4) is 0 Å². The molecule has 35 heteroatoms. The highest BCUT2D eigenvalue weighted by Crippen LogP contribution is 2.53. The van der Waals surface area contributed by atoms with Crippen LogP contribution in [-0.2, 0) is 35.3 Å². The molecule has 10 aliphatic rings. The van der Waals surface area contributed by atoms with E-state index >= 15 is 13.2 Å². The van der Waals surface area contributed by atoms with Crippen molar-refractivity contribution in [2.75, 3.05) is 118 Å². The SMILES string of the molecule is CC(C)(C)CCN1C(=O)[C@H](CC(=O)N2CCC(N3Cc4ccccc4NC3=O)CC2)S[C@H]1c1cccc(F)c1N1CCC(O)C1.CC(C)(C)CCN1C(=O)[C@H](CC(=O)N2CCC(n3c(=O)[nH]c4ncccc43)CC2)S[C@H]1c1cccc(F)c1N1CCC(N)C1.CC(C)(C)CCN1C(=O)[C@H](CC(=O)N2CCC(n3c(=O)[nH]c4ncccc43)CC2)S[C@H]1c1cccc(F)c1N1CCC(O)C1.[HH].[HH].[HH].[HH].[HH].[HH]. The molecule has 3 unspecified atom stereocenters. The number of para-hydroxylation sites is 4. The van der Waals surface area contributed by atoms with Crippen LogP contribution in [-0.4, -0.2) is 253 Å². The number of amides is 8. The number of nitrogens with one attached hydrogen (secondary N) is 3. The van der Waals surface area contributed by atoms with Gasteiger partial charge < -0.3 is 70.3 Å². The van der Waals surface area contributed by atoms with Crippen LogP contribution in [0.15, 0.2) is 125 Å². The van der Waals surface area contributed by atoms with Gasteiger partial charge in [-0.25, -0.2) is 37.5 Å². The van der Waals surface area contributed by atoms with Crippen LogP contribution in [0.25, 0.3) is 22.3 Å². The van der Waals surface area contributed by atoms with Gasteiger partial charge in [-0.2, -0.15) is 0 Å². The van der Waals surface area contributed by atoms with Crippen LogP contribution in [0.5, 0.6) is 0 Å². The third kappa shape index (κ3) is 21.8. The number of H-pyrrole nitrogens is 2. The molecule has 14 heterocycles. The summed E-state index contributed by atoms with van der Waals surface area (Å²) >= 11 is 4.31. The molecule has 9 fully saturated rings. The number of β-amino-alcohol motifs (C(OH)–C–C–N with tert-alkyl or cyclic N) is 2. The molecule has 4 aromatic carbocycles. The Morgan fingerprint density at radius 3 is 1.14 bits per heavy atom. The second-order valence-corrected chi connectivity index (χ2v) is 44.6. The second kappa shape index (κ2) is 40.5. The molecule has 0 radical (unpaired) electrons. The van der Waals surface area contributed by atoms with E-state index in [0.29, 0.717) is 196 Å². The summed E-state index contributed by atoms with van der Waals surface area (Å²) in [7, 11) is 0. The predicted molar refractivity (Wildman–Crippen MR) is 527 cm³/mol. The first-order chi connectivity index (χ1) is 63.5. The van der Waals surface area contributed by atoms with Gasteiger partial charge in [0, 0.05) is 191 Å². The van der Waals surface area contributed by atoms with Gasteiger partial charge in [0.25, 0.3) is 0 Å². The summed E-state index contributed by atoms with van der Waals surface area (Å²) in [5.74, 6) is -1.51. The summed E-state index contributed by atoms with van der Waals surface area (Å²) in [6, 6.07) is 30.1. The highest BCUT2D eigenvalue weighted by Gasteiger charge is 2.50. The normalized spacial score (nSPS) is 23.7. The van der Waals surface area contributed by atoms with Gasteiger partial charge in [0.2, 0.25) is 35.4 Å². The lowest BCUT2D eigenvalue weighted by Gasteiger charge is -2.40. The van der Waals surface area contributed by atoms with E-state index in [9.17, 15) is 53.4 Å². The number of hydrogen-bond donors (Lipinski definition) is 6. The smallest absolute Gasteiger partial charge is 0.327 e. The summed E-state index contributed by atoms with van der Waals surface area (Å²) in [5, 5.41) is 20.4. The predicted octanol–water partition coefficient (Wildman–Crippen LogP) is 14.8. The molecular weight excluding hydrogens is 1760 g/mol. The zero-order valence-corrected chi connectivity index (χ0v) is 80.0. The molecule has 0 saturated carbocycles. The summed E-state index contributed by atoms with van der Waals surface area (Å²) < 4.78 is 49.6. The lowest BCUT2D eigenvalue weighted by molar-refractivity contribution is -0.137. The number of rotatable bonds is 21. The molecule has 18 rings (SSSR count). The van der Waals surface area contributed by atoms with Crippen LogP contribution in [0.2, 0.25) is 0 Å². The minimum atomic E-state index is -0.576. The number of nitrogens with two attached hydrogens (primary N) is 1. The molecule has 8 amide bonds. The molecule has 8 aromatic rings. The van der Waals surface area contributed by atoms with Crippen molar-refractivity contribution >= 4 is 122 Å². The number of aromatic nitrogens is 6. The maximum absolute atomic E-state index is 15.4. The first-order valence-corrected chi connectivity index (χ1v) is 50.0. The van der Waals surface area contributed by atoms with Gasteiger partial charge in [-0.15, -0.1) is 35.3 Å². The molecule has 726 valence electrons. The molecule has 4 aromatic heterocycles. The average Bonchev–Trinajstić information content (AvgIpc) is 1.60. The van der Waals surface area contributed by atoms with E-state index in [1.807, 2.05) is 105 Å². The summed E-state index contributed by atoms with van der Waals surface area (Å²) in [4.78, 5) is 153. The lowest BCUT2D eigenvalue weighted by Crippen LogP contribution is -2.51. The largest absolute Gasteiger partial charge is 0.391 e. The van der Waals surface area contributed by atoms with Crippen molar-refractivity contribution in [3.05, 3.63) is 176 Å². The topological polar surface area (TPSA) is 332 Å². The van der Waals surface area contributed by atoms with E-state index in [4.69, 9.17) is 5.73 Å². The zero-order valence-electron chi connectivity index (χ0n) is 77.6. The fourth-order valence-corrected chi connectivity index (χ4v) is 24.7. The third-order valence-electron chi connectivity index (χ3n) is 27.6. The molecule has 0 bridgehead atoms. The van der Waals surface area contributed by atoms with Gasteiger partial charge in [-0.1, -0.05) is 117 Å². The van der Waals surface area contributed by atoms with Crippen LogP contribution in [0.1, 0.15) is 218 Å². The van der Waals surface area contributed by atoms with Gasteiger partial charge in [0.15, 0.2) is 11.3 Å². The third-order valence-corrected chi connectivity index (χ3v) is 32.0. The van der Waals surface area contributed by atoms with Gasteiger partial charge in [0.05, 0.1) is 56.1 Å². The standard InChI is InChI=1S/C34H44FN5O4S.C32H42FN7O3S.C32H41FN6O4S.6H2/c1-34(2,3)14-18-39-31(43)28(45-32(39)25-8-6-9-26(35)30(25)38-17-13-24(41)21-38)19-29(42)37-15-11-23(12-16-37)40-20-22-7-4-5-10-27(22)36-33(40)44;1-32(2,3)12-17-39-29(42)25(44-30(39)22-6-4-7-23(33)27(22)38-14-9-20(34)19-38)18-26(41)37-15-10-21(11-16-37)40-24-8-5-13-35-28(24)36-31(40)43;1-32(2,3)12-17-38-29(42)25(44-30(38)22-6-4-7-23(33)27(22)37-16-11-21(40)19-37)18-26(41)36-14-9-20(10-15-36)39-24-8-5-13-34-28(24)35-31(39)43;;;;;;/h4-10,23-24,28,32,41H,11-21H2,1-3H3,(H,36,44);4-8,13,20-21,25,30H,9-12,14-19,34H2,1-3H3,(H,35,36,43);4-8,13,20-21,25,30,40H,9-12,14-19H2,1-3H3,(H,34,35,43);6*1H/t24?,28-,32-;20?,25-,30-;21?,25-,30-;;;;;;/m000....../s1. The van der Waals surface area contributed by atoms with Crippen LogP contribution in [0, 0.1) is 33.7 Å². The monoisotopic (exact) mass is 1900 g/mol. The molecule has 9 saturated heterocycles. The Balaban J connectivity index is 0.000000210. The Hall–Kier alpha value is -10.1. The highest BCUT2D eigenvalue weighted by molar-refractivity contribution is 8.01. The van der Waals surface area contributed by atoms with Gasteiger partial charge in [0.1, 0.15) is 33.6 Å². The number of carbonyl (C=O) groups is 7. The van der Waals surface area contributed by atoms with Gasteiger partial charge in [-0.05, 0) is 147 Å². The number of anilines is 4. The number of aliphatic hydroxyl groups excluding tert-OH is 2. The van der Waals surface area contributed by atoms with Gasteiger partial charge in [-0.3, -0.25) is 47.9 Å². The molecule has 10 aliphatic heterocycles. The Morgan fingerprint density at radius 1 is 0.444 bits per heavy atom. The van der Waals surface area contributed by atoms with Crippen molar-refractivity contribution < 1.29 is 65.5 Å². The van der Waals surface area contributed by atoms with E-state index < -0.39 is 44.1 Å². The van der Waals surface area contributed by atoms with Crippen molar-refractivity contribution in [3.63, 3.8) is 0 Å². The number of imidazole rings is 2. The Kier molecular flexibility index (Phi) is 29.2. The number of fused-ring (bicyclic) bond motifs is 3. The lowest BCUT2D eigenvalue weighted by atomic mass is 9.92. The van der Waals surface area contributed by atoms with E-state index in [2.05, 4.69) is 87.6 Å². The number of nitrogens with zero attached hydrogens (tertiary/aromatic N) is 14. The molecule has 9 atom stereocenters. The number of pyridine rings is 2. The summed E-state index contributed by atoms with van der Waals surface area (Å²) in [6.07, 6.45) is 10.7. The minimum Gasteiger partial charge on any atom is -0.391 e. The van der Waals surface area contributed by atoms with Crippen molar-refractivity contribution in [2.24, 2.45) is 22.0 Å². The van der Waals surface area contributed by atoms with E-state index in [0.717, 1.165) is 53.5 Å². The number of aliphatic hydroxyl groups is 2. The number of hydrogen-bond acceptors (Lipinski definition) is 20.